The van der Waals surface area contributed by atoms with E-state index in [0.29, 0.717) is 0 Å². The van der Waals surface area contributed by atoms with E-state index in [1.807, 2.05) is 0 Å². The Bertz CT molecular complexity index is 1900. The molecule has 7 rings (SSSR count). The maximum Gasteiger partial charge on any atom is 0.472 e. The highest BCUT2D eigenvalue weighted by atomic mass is 32.2. The number of halogens is 2. The third-order valence-corrected chi connectivity index (χ3v) is 9.30. The summed E-state index contributed by atoms with van der Waals surface area (Å²) in [6.07, 6.45) is -9.42. The minimum Gasteiger partial charge on any atom is -0.397 e. The van der Waals surface area contributed by atoms with Gasteiger partial charge in [-0.2, -0.15) is 13.1 Å². The number of ether oxygens (including phenoxy) is 2. The van der Waals surface area contributed by atoms with Crippen LogP contribution in [-0.2, 0) is 37.6 Å². The normalized spacial score (nSPS) is 36.1. The second kappa shape index (κ2) is 10.6. The van der Waals surface area contributed by atoms with Gasteiger partial charge in [0.1, 0.15) is 41.8 Å². The number of nitrogens with zero attached hydrogens (tertiary/aromatic N) is 7. The predicted molar refractivity (Wildman–Crippen MR) is 142 cm³/mol. The van der Waals surface area contributed by atoms with Crippen LogP contribution in [0.5, 0.6) is 0 Å². The molecular weight excluding hydrogens is 637 g/mol. The van der Waals surface area contributed by atoms with Gasteiger partial charge in [0.15, 0.2) is 41.9 Å². The quantitative estimate of drug-likeness (QED) is 0.200. The molecular formula is C21H23F2N10O9PS. The van der Waals surface area contributed by atoms with Crippen LogP contribution in [0.1, 0.15) is 12.5 Å². The molecule has 4 aromatic heterocycles. The van der Waals surface area contributed by atoms with Crippen LogP contribution in [0.3, 0.4) is 0 Å². The summed E-state index contributed by atoms with van der Waals surface area (Å²) in [6.45, 7) is -1.62. The number of aromatic nitrogens is 7. The molecule has 9 atom stereocenters. The molecule has 19 nitrogen and oxygen atoms in total. The van der Waals surface area contributed by atoms with Crippen molar-refractivity contribution in [1.29, 1.82) is 0 Å². The van der Waals surface area contributed by atoms with Crippen molar-refractivity contribution in [3.8, 4) is 0 Å². The zero-order chi connectivity index (χ0) is 31.0. The van der Waals surface area contributed by atoms with Crippen molar-refractivity contribution in [2.24, 2.45) is 0 Å². The number of imidazole rings is 2. The number of rotatable bonds is 2. The predicted octanol–water partition coefficient (Wildman–Crippen LogP) is -0.358. The van der Waals surface area contributed by atoms with Gasteiger partial charge in [0, 0.05) is 12.7 Å². The highest BCUT2D eigenvalue weighted by Gasteiger charge is 2.54. The Kier molecular flexibility index (Phi) is 7.02. The molecule has 0 bridgehead atoms. The molecule has 236 valence electrons. The fraction of sp³-hybridized carbons (Fsp3) is 0.476. The van der Waals surface area contributed by atoms with Crippen molar-refractivity contribution in [2.75, 3.05) is 24.6 Å². The molecule has 4 aromatic rings. The maximum absolute atomic E-state index is 15.8. The minimum atomic E-state index is -5.11. The number of anilines is 2. The molecule has 0 amide bonds. The van der Waals surface area contributed by atoms with E-state index in [4.69, 9.17) is 34.2 Å². The first-order valence-corrected chi connectivity index (χ1v) is 15.8. The summed E-state index contributed by atoms with van der Waals surface area (Å²) in [5.74, 6) is 0.00542. The average molecular weight is 661 g/mol. The number of nitrogen functional groups attached to an aromatic ring is 2. The highest BCUT2D eigenvalue weighted by Crippen LogP contribution is 2.50. The number of nitrogens with two attached hydrogens (primary N) is 2. The van der Waals surface area contributed by atoms with Gasteiger partial charge in [-0.1, -0.05) is 0 Å². The molecule has 0 aliphatic carbocycles. The van der Waals surface area contributed by atoms with Gasteiger partial charge in [0.25, 0.3) is 0 Å². The van der Waals surface area contributed by atoms with Gasteiger partial charge in [-0.15, -0.1) is 0 Å². The number of nitrogens with one attached hydrogen (secondary N) is 1. The van der Waals surface area contributed by atoms with Crippen LogP contribution in [0, 0.1) is 0 Å². The first-order chi connectivity index (χ1) is 20.9. The van der Waals surface area contributed by atoms with E-state index in [9.17, 15) is 17.9 Å². The molecule has 0 aromatic carbocycles. The molecule has 7 heterocycles. The number of hydrogen-bond acceptors (Lipinski definition) is 15. The molecule has 23 heteroatoms. The van der Waals surface area contributed by atoms with Crippen LogP contribution in [0.2, 0.25) is 0 Å². The number of pyridine rings is 1. The van der Waals surface area contributed by atoms with Crippen molar-refractivity contribution in [2.45, 2.75) is 49.2 Å². The molecule has 3 aliphatic rings. The van der Waals surface area contributed by atoms with Crippen LogP contribution in [0.4, 0.5) is 20.3 Å². The zero-order valence-electron chi connectivity index (χ0n) is 22.0. The lowest BCUT2D eigenvalue weighted by molar-refractivity contribution is -0.0496. The van der Waals surface area contributed by atoms with E-state index in [-0.39, 0.29) is 33.8 Å². The topological polar surface area (TPSA) is 256 Å². The van der Waals surface area contributed by atoms with Gasteiger partial charge < -0.3 is 25.8 Å². The maximum atomic E-state index is 15.8. The van der Waals surface area contributed by atoms with E-state index >= 15 is 8.78 Å². The van der Waals surface area contributed by atoms with Crippen LogP contribution >= 0.6 is 7.82 Å². The largest absolute Gasteiger partial charge is 0.472 e. The van der Waals surface area contributed by atoms with E-state index in [1.54, 1.807) is 0 Å². The summed E-state index contributed by atoms with van der Waals surface area (Å²) in [5, 5.41) is 0. The third kappa shape index (κ3) is 4.97. The number of fused-ring (bicyclic) bond motifs is 4. The Balaban J connectivity index is 1.17. The molecule has 0 saturated carbocycles. The zero-order valence-corrected chi connectivity index (χ0v) is 23.7. The number of hydrogen-bond donors (Lipinski definition) is 4. The van der Waals surface area contributed by atoms with Crippen LogP contribution < -0.4 is 16.2 Å². The first kappa shape index (κ1) is 29.3. The standard InChI is InChI=1S/C21H23F2N10O9PS/c22-11-15-9(39-20(11)33-7-30-14-17(25)27-5-28-19(14)33)3-31-44(36,37)42-16-10(4-38-43(34,35)41-15)40-21(12(16)23)32-6-29-13-8(24)1-2-26-18(13)32/h1-2,5-7,9-12,15-16,20-21,31H,3-4H2,(H2,24,26)(H,34,35)(H2,25,27,28)/t9-,10-,11-,12-,15-,16-,20-,21-/m1/s1. The Morgan fingerprint density at radius 1 is 0.955 bits per heavy atom. The fourth-order valence-corrected chi connectivity index (χ4v) is 7.20. The SMILES string of the molecule is Nc1ccnc2c1ncn2[C@@H]1O[C@@H]2COP(=O)(O)O[C@H]3[C@@H](F)[C@H](n4cnc5c(N)ncnc54)O[C@@H]3CNS(=O)(=O)O[C@H]2[C@H]1F. The molecule has 3 aliphatic heterocycles. The summed E-state index contributed by atoms with van der Waals surface area (Å²) >= 11 is 0. The summed E-state index contributed by atoms with van der Waals surface area (Å²) in [6, 6.07) is 1.48. The second-order valence-corrected chi connectivity index (χ2v) is 12.8. The summed E-state index contributed by atoms with van der Waals surface area (Å²) in [7, 11) is -9.87. The second-order valence-electron chi connectivity index (χ2n) is 10.0. The molecule has 3 fully saturated rings. The van der Waals surface area contributed by atoms with E-state index in [1.165, 1.54) is 23.2 Å². The van der Waals surface area contributed by atoms with E-state index in [0.717, 1.165) is 17.2 Å². The first-order valence-electron chi connectivity index (χ1n) is 12.8. The Morgan fingerprint density at radius 3 is 2.36 bits per heavy atom. The van der Waals surface area contributed by atoms with E-state index in [2.05, 4.69) is 29.6 Å². The van der Waals surface area contributed by atoms with Crippen molar-refractivity contribution in [3.05, 3.63) is 31.2 Å². The number of alkyl halides is 2. The average Bonchev–Trinajstić information content (AvgIpc) is 3.73. The highest BCUT2D eigenvalue weighted by molar-refractivity contribution is 7.84. The number of phosphoric acid groups is 1. The third-order valence-electron chi connectivity index (χ3n) is 7.32. The van der Waals surface area contributed by atoms with Gasteiger partial charge in [0.05, 0.1) is 24.9 Å². The summed E-state index contributed by atoms with van der Waals surface area (Å²) in [4.78, 5) is 30.6. The molecule has 3 saturated heterocycles. The van der Waals surface area contributed by atoms with Gasteiger partial charge in [-0.05, 0) is 6.07 Å². The van der Waals surface area contributed by atoms with Gasteiger partial charge in [-0.3, -0.25) is 18.2 Å². The minimum absolute atomic E-state index is 0.00542. The van der Waals surface area contributed by atoms with E-state index < -0.39 is 80.5 Å². The lowest BCUT2D eigenvalue weighted by Gasteiger charge is -2.26. The smallest absolute Gasteiger partial charge is 0.397 e. The monoisotopic (exact) mass is 660 g/mol. The summed E-state index contributed by atoms with van der Waals surface area (Å²) < 4.78 is 102. The van der Waals surface area contributed by atoms with Crippen molar-refractivity contribution in [1.82, 2.24) is 38.8 Å². The lowest BCUT2D eigenvalue weighted by Crippen LogP contribution is -2.45. The van der Waals surface area contributed by atoms with Crippen LogP contribution in [0.25, 0.3) is 22.3 Å². The molecule has 6 N–H and O–H groups in total. The lowest BCUT2D eigenvalue weighted by atomic mass is 10.1. The Hall–Kier alpha value is -3.47. The van der Waals surface area contributed by atoms with Gasteiger partial charge in [-0.25, -0.2) is 42.4 Å². The molecule has 0 radical (unpaired) electrons. The molecule has 1 unspecified atom stereocenters. The Labute approximate surface area is 245 Å². The van der Waals surface area contributed by atoms with Gasteiger partial charge in [0.2, 0.25) is 0 Å². The summed E-state index contributed by atoms with van der Waals surface area (Å²) in [5.41, 5.74) is 12.5. The van der Waals surface area contributed by atoms with Crippen molar-refractivity contribution < 1.29 is 49.4 Å². The van der Waals surface area contributed by atoms with Crippen molar-refractivity contribution >= 4 is 52.0 Å². The fourth-order valence-electron chi connectivity index (χ4n) is 5.29. The van der Waals surface area contributed by atoms with Crippen LogP contribution in [0.15, 0.2) is 31.2 Å². The van der Waals surface area contributed by atoms with Gasteiger partial charge >= 0.3 is 18.1 Å². The van der Waals surface area contributed by atoms with Crippen LogP contribution in [-0.4, -0.2) is 97.3 Å². The Morgan fingerprint density at radius 2 is 1.61 bits per heavy atom. The molecule has 44 heavy (non-hydrogen) atoms. The number of phosphoric ester groups is 1. The molecule has 0 spiro atoms. The van der Waals surface area contributed by atoms with Crippen molar-refractivity contribution in [3.63, 3.8) is 0 Å².